The number of carbonyl (C=O) groups is 1. The molecule has 0 saturated carbocycles. The molecular formula is C24H22FN5O4S. The first-order valence-corrected chi connectivity index (χ1v) is 12.4. The van der Waals surface area contributed by atoms with Crippen LogP contribution < -0.4 is 4.74 Å². The second kappa shape index (κ2) is 9.61. The molecule has 0 bridgehead atoms. The summed E-state index contributed by atoms with van der Waals surface area (Å²) in [5, 5.41) is 5.47. The maximum absolute atomic E-state index is 14.4. The summed E-state index contributed by atoms with van der Waals surface area (Å²) in [6.07, 6.45) is 4.51. The van der Waals surface area contributed by atoms with Crippen molar-refractivity contribution in [3.63, 3.8) is 0 Å². The maximum Gasteiger partial charge on any atom is 0.271 e. The smallest absolute Gasteiger partial charge is 0.271 e. The van der Waals surface area contributed by atoms with E-state index in [0.717, 1.165) is 0 Å². The van der Waals surface area contributed by atoms with Crippen LogP contribution in [0.25, 0.3) is 28.0 Å². The van der Waals surface area contributed by atoms with Gasteiger partial charge in [0.1, 0.15) is 17.8 Å². The van der Waals surface area contributed by atoms with Crippen LogP contribution in [0.4, 0.5) is 4.39 Å². The lowest BCUT2D eigenvalue weighted by Gasteiger charge is -2.26. The number of carbonyl (C=O) groups excluding carboxylic acids is 1. The normalized spacial score (nSPS) is 14.8. The Morgan fingerprint density at radius 2 is 1.89 bits per heavy atom. The van der Waals surface area contributed by atoms with Crippen LogP contribution in [0, 0.1) is 5.82 Å². The second-order valence-electron chi connectivity index (χ2n) is 7.93. The average Bonchev–Trinajstić information content (AvgIpc) is 3.28. The van der Waals surface area contributed by atoms with Crippen molar-refractivity contribution in [3.05, 3.63) is 60.2 Å². The molecule has 4 aromatic rings. The standard InChI is InChI=1S/C24H22FN5O4S/c1-33-17-4-6-20(25)19(12-17)16-13-26-24(27-14-16)30-21-11-15(23(31)29-7-9-34-10-8-29)3-5-18(21)22(28-30)35(2)32/h3-6,11-14H,7-10H2,1-2H3. The van der Waals surface area contributed by atoms with Gasteiger partial charge in [-0.2, -0.15) is 4.68 Å². The SMILES string of the molecule is COc1ccc(F)c(-c2cnc(-n3nc([S+](C)[O-])c4ccc(C(=O)N5CCOCC5)cc43)nc2)c1. The van der Waals surface area contributed by atoms with Gasteiger partial charge in [0.05, 0.1) is 31.2 Å². The molecule has 1 amide bonds. The molecule has 3 heterocycles. The highest BCUT2D eigenvalue weighted by Gasteiger charge is 2.24. The first kappa shape index (κ1) is 23.2. The van der Waals surface area contributed by atoms with E-state index in [-0.39, 0.29) is 11.9 Å². The van der Waals surface area contributed by atoms with Crippen molar-refractivity contribution < 1.29 is 23.2 Å². The lowest BCUT2D eigenvalue weighted by molar-refractivity contribution is 0.0303. The molecular weight excluding hydrogens is 473 g/mol. The molecule has 0 N–H and O–H groups in total. The number of nitrogens with zero attached hydrogens (tertiary/aromatic N) is 5. The minimum atomic E-state index is -1.38. The molecule has 0 aliphatic carbocycles. The molecule has 5 rings (SSSR count). The predicted molar refractivity (Wildman–Crippen MR) is 128 cm³/mol. The maximum atomic E-state index is 14.4. The third-order valence-electron chi connectivity index (χ3n) is 5.78. The zero-order valence-corrected chi connectivity index (χ0v) is 19.9. The summed E-state index contributed by atoms with van der Waals surface area (Å²) < 4.78 is 38.7. The van der Waals surface area contributed by atoms with E-state index >= 15 is 0 Å². The summed E-state index contributed by atoms with van der Waals surface area (Å²) in [5.74, 6) is 0.166. The molecule has 2 aromatic carbocycles. The van der Waals surface area contributed by atoms with Gasteiger partial charge in [-0.1, -0.05) is 0 Å². The highest BCUT2D eigenvalue weighted by Crippen LogP contribution is 2.28. The van der Waals surface area contributed by atoms with Gasteiger partial charge in [0, 0.05) is 53.3 Å². The fourth-order valence-corrected chi connectivity index (χ4v) is 4.63. The Bertz CT molecular complexity index is 1390. The van der Waals surface area contributed by atoms with Gasteiger partial charge < -0.3 is 18.9 Å². The van der Waals surface area contributed by atoms with E-state index in [9.17, 15) is 13.7 Å². The van der Waals surface area contributed by atoms with Gasteiger partial charge in [-0.15, -0.1) is 5.10 Å². The zero-order chi connectivity index (χ0) is 24.5. The highest BCUT2D eigenvalue weighted by molar-refractivity contribution is 7.90. The van der Waals surface area contributed by atoms with E-state index in [2.05, 4.69) is 15.1 Å². The van der Waals surface area contributed by atoms with Crippen molar-refractivity contribution in [2.45, 2.75) is 5.03 Å². The summed E-state index contributed by atoms with van der Waals surface area (Å²) >= 11 is -1.38. The van der Waals surface area contributed by atoms with Crippen molar-refractivity contribution >= 4 is 28.0 Å². The molecule has 35 heavy (non-hydrogen) atoms. The molecule has 9 nitrogen and oxygen atoms in total. The number of morpholine rings is 1. The van der Waals surface area contributed by atoms with Crippen LogP contribution in [0.15, 0.2) is 53.8 Å². The number of ether oxygens (including phenoxy) is 2. The van der Waals surface area contributed by atoms with Gasteiger partial charge in [0.25, 0.3) is 16.9 Å². The van der Waals surface area contributed by atoms with E-state index in [1.54, 1.807) is 29.2 Å². The molecule has 1 saturated heterocycles. The summed E-state index contributed by atoms with van der Waals surface area (Å²) in [6.45, 7) is 2.04. The monoisotopic (exact) mass is 495 g/mol. The fourth-order valence-electron chi connectivity index (χ4n) is 3.96. The van der Waals surface area contributed by atoms with Crippen LogP contribution in [0.2, 0.25) is 0 Å². The topological polar surface area (TPSA) is 105 Å². The number of methoxy groups -OCH3 is 1. The van der Waals surface area contributed by atoms with Crippen LogP contribution in [-0.2, 0) is 15.9 Å². The molecule has 1 aliphatic heterocycles. The van der Waals surface area contributed by atoms with Crippen molar-refractivity contribution in [3.8, 4) is 22.8 Å². The van der Waals surface area contributed by atoms with Crippen LogP contribution in [0.1, 0.15) is 10.4 Å². The van der Waals surface area contributed by atoms with E-state index in [0.29, 0.717) is 64.7 Å². The van der Waals surface area contributed by atoms with Gasteiger partial charge in [0.15, 0.2) is 0 Å². The average molecular weight is 496 g/mol. The van der Waals surface area contributed by atoms with Crippen LogP contribution in [-0.4, -0.2) is 74.8 Å². The molecule has 1 atom stereocenters. The van der Waals surface area contributed by atoms with Gasteiger partial charge >= 0.3 is 0 Å². The van der Waals surface area contributed by atoms with Crippen molar-refractivity contribution in [2.24, 2.45) is 0 Å². The molecule has 1 aliphatic rings. The molecule has 180 valence electrons. The Kier molecular flexibility index (Phi) is 6.37. The second-order valence-corrected chi connectivity index (χ2v) is 9.22. The summed E-state index contributed by atoms with van der Waals surface area (Å²) in [4.78, 5) is 23.5. The molecule has 1 unspecified atom stereocenters. The molecule has 1 fully saturated rings. The molecule has 0 spiro atoms. The largest absolute Gasteiger partial charge is 0.610 e. The highest BCUT2D eigenvalue weighted by atomic mass is 32.2. The minimum Gasteiger partial charge on any atom is -0.610 e. The third-order valence-corrected chi connectivity index (χ3v) is 6.62. The van der Waals surface area contributed by atoms with E-state index in [4.69, 9.17) is 9.47 Å². The van der Waals surface area contributed by atoms with Gasteiger partial charge in [0.2, 0.25) is 0 Å². The summed E-state index contributed by atoms with van der Waals surface area (Å²) in [6, 6.07) is 9.57. The van der Waals surface area contributed by atoms with Crippen molar-refractivity contribution in [2.75, 3.05) is 39.7 Å². The molecule has 2 aromatic heterocycles. The number of hydrogen-bond acceptors (Lipinski definition) is 7. The first-order chi connectivity index (χ1) is 17.0. The fraction of sp³-hybridized carbons (Fsp3) is 0.250. The number of hydrogen-bond donors (Lipinski definition) is 0. The Balaban J connectivity index is 1.55. The van der Waals surface area contributed by atoms with Gasteiger partial charge in [-0.05, 0) is 36.4 Å². The number of halogens is 1. The van der Waals surface area contributed by atoms with Crippen LogP contribution in [0.3, 0.4) is 0 Å². The van der Waals surface area contributed by atoms with E-state index < -0.39 is 17.0 Å². The number of aromatic nitrogens is 4. The third kappa shape index (κ3) is 4.45. The predicted octanol–water partition coefficient (Wildman–Crippen LogP) is 2.84. The number of amides is 1. The van der Waals surface area contributed by atoms with Crippen LogP contribution in [0.5, 0.6) is 5.75 Å². The van der Waals surface area contributed by atoms with E-state index in [1.807, 2.05) is 0 Å². The Hall–Kier alpha value is -3.54. The lowest BCUT2D eigenvalue weighted by Crippen LogP contribution is -2.40. The molecule has 11 heteroatoms. The Morgan fingerprint density at radius 1 is 1.14 bits per heavy atom. The van der Waals surface area contributed by atoms with E-state index in [1.165, 1.54) is 42.6 Å². The molecule has 0 radical (unpaired) electrons. The number of fused-ring (bicyclic) bond motifs is 1. The first-order valence-electron chi connectivity index (χ1n) is 10.9. The quantitative estimate of drug-likeness (QED) is 0.392. The summed E-state index contributed by atoms with van der Waals surface area (Å²) in [5.41, 5.74) is 1.79. The van der Waals surface area contributed by atoms with Crippen LogP contribution >= 0.6 is 0 Å². The Morgan fingerprint density at radius 3 is 2.57 bits per heavy atom. The van der Waals surface area contributed by atoms with Gasteiger partial charge in [-0.3, -0.25) is 4.79 Å². The Labute approximate surface area is 203 Å². The van der Waals surface area contributed by atoms with Crippen molar-refractivity contribution in [1.29, 1.82) is 0 Å². The van der Waals surface area contributed by atoms with Gasteiger partial charge in [-0.25, -0.2) is 14.4 Å². The zero-order valence-electron chi connectivity index (χ0n) is 19.1. The summed E-state index contributed by atoms with van der Waals surface area (Å²) in [7, 11) is 1.51. The number of benzene rings is 2. The van der Waals surface area contributed by atoms with Crippen molar-refractivity contribution in [1.82, 2.24) is 24.6 Å². The number of rotatable bonds is 5. The lowest BCUT2D eigenvalue weighted by atomic mass is 10.1. The minimum absolute atomic E-state index is 0.119.